The molecule has 18 heavy (non-hydrogen) atoms. The summed E-state index contributed by atoms with van der Waals surface area (Å²) in [5, 5.41) is 9.86. The number of ether oxygens (including phenoxy) is 1. The van der Waals surface area contributed by atoms with Crippen LogP contribution in [0, 0.1) is 5.41 Å². The maximum atomic E-state index is 11.1. The first kappa shape index (κ1) is 14.7. The van der Waals surface area contributed by atoms with Crippen molar-refractivity contribution >= 4 is 5.91 Å². The minimum Gasteiger partial charge on any atom is -0.392 e. The Hall–Kier alpha value is -1.39. The highest BCUT2D eigenvalue weighted by Crippen LogP contribution is 2.22. The summed E-state index contributed by atoms with van der Waals surface area (Å²) in [6.45, 7) is 4.17. The van der Waals surface area contributed by atoms with Gasteiger partial charge in [0.1, 0.15) is 0 Å². The van der Waals surface area contributed by atoms with Crippen LogP contribution >= 0.6 is 0 Å². The van der Waals surface area contributed by atoms with Crippen molar-refractivity contribution in [2.45, 2.75) is 33.0 Å². The van der Waals surface area contributed by atoms with Crippen molar-refractivity contribution in [1.29, 1.82) is 0 Å². The van der Waals surface area contributed by atoms with E-state index in [0.29, 0.717) is 19.6 Å². The highest BCUT2D eigenvalue weighted by molar-refractivity contribution is 5.80. The molecule has 0 bridgehead atoms. The van der Waals surface area contributed by atoms with Crippen molar-refractivity contribution < 1.29 is 14.6 Å². The highest BCUT2D eigenvalue weighted by atomic mass is 16.5. The fraction of sp³-hybridized carbons (Fsp3) is 0.500. The van der Waals surface area contributed by atoms with E-state index in [4.69, 9.17) is 10.5 Å². The van der Waals surface area contributed by atoms with Gasteiger partial charge in [-0.15, -0.1) is 0 Å². The molecule has 0 saturated heterocycles. The molecule has 1 aromatic carbocycles. The van der Waals surface area contributed by atoms with Crippen molar-refractivity contribution in [2.75, 3.05) is 6.61 Å². The van der Waals surface area contributed by atoms with E-state index in [1.165, 1.54) is 0 Å². The monoisotopic (exact) mass is 251 g/mol. The SMILES string of the molecule is CC(C)(C(N)=O)C(O)CCOCc1ccccc1. The van der Waals surface area contributed by atoms with Gasteiger partial charge in [0.15, 0.2) is 0 Å². The fourth-order valence-electron chi connectivity index (χ4n) is 1.48. The summed E-state index contributed by atoms with van der Waals surface area (Å²) in [7, 11) is 0. The Morgan fingerprint density at radius 2 is 2.00 bits per heavy atom. The Balaban J connectivity index is 2.28. The molecular weight excluding hydrogens is 230 g/mol. The number of carbonyl (C=O) groups is 1. The maximum Gasteiger partial charge on any atom is 0.225 e. The Morgan fingerprint density at radius 3 is 2.56 bits per heavy atom. The van der Waals surface area contributed by atoms with E-state index in [1.54, 1.807) is 13.8 Å². The molecular formula is C14H21NO3. The third kappa shape index (κ3) is 4.13. The first-order valence-corrected chi connectivity index (χ1v) is 6.04. The molecule has 1 amide bonds. The maximum absolute atomic E-state index is 11.1. The summed E-state index contributed by atoms with van der Waals surface area (Å²) >= 11 is 0. The van der Waals surface area contributed by atoms with Crippen molar-refractivity contribution in [2.24, 2.45) is 11.1 Å². The zero-order valence-corrected chi connectivity index (χ0v) is 10.9. The molecule has 1 unspecified atom stereocenters. The number of hydrogen-bond acceptors (Lipinski definition) is 3. The molecule has 0 heterocycles. The van der Waals surface area contributed by atoms with Gasteiger partial charge in [-0.3, -0.25) is 4.79 Å². The minimum absolute atomic E-state index is 0.392. The number of aliphatic hydroxyl groups is 1. The van der Waals surface area contributed by atoms with Gasteiger partial charge in [-0.05, 0) is 25.8 Å². The van der Waals surface area contributed by atoms with E-state index in [9.17, 15) is 9.90 Å². The van der Waals surface area contributed by atoms with Crippen LogP contribution in [0.25, 0.3) is 0 Å². The van der Waals surface area contributed by atoms with Gasteiger partial charge in [0.05, 0.1) is 18.1 Å². The van der Waals surface area contributed by atoms with Crippen LogP contribution in [0.5, 0.6) is 0 Å². The van der Waals surface area contributed by atoms with Crippen molar-refractivity contribution in [3.63, 3.8) is 0 Å². The van der Waals surface area contributed by atoms with Crippen LogP contribution in [0.1, 0.15) is 25.8 Å². The van der Waals surface area contributed by atoms with Crippen LogP contribution < -0.4 is 5.73 Å². The average molecular weight is 251 g/mol. The molecule has 0 spiro atoms. The van der Waals surface area contributed by atoms with Crippen LogP contribution in [0.15, 0.2) is 30.3 Å². The van der Waals surface area contributed by atoms with Gasteiger partial charge in [0.2, 0.25) is 5.91 Å². The second kappa shape index (κ2) is 6.52. The third-order valence-electron chi connectivity index (χ3n) is 3.12. The molecule has 1 rings (SSSR count). The lowest BCUT2D eigenvalue weighted by Crippen LogP contribution is -2.42. The van der Waals surface area contributed by atoms with Crippen LogP contribution in [0.4, 0.5) is 0 Å². The van der Waals surface area contributed by atoms with E-state index in [0.717, 1.165) is 5.56 Å². The number of carbonyl (C=O) groups excluding carboxylic acids is 1. The number of amides is 1. The molecule has 0 aliphatic rings. The lowest BCUT2D eigenvalue weighted by Gasteiger charge is -2.26. The van der Waals surface area contributed by atoms with Gasteiger partial charge in [-0.2, -0.15) is 0 Å². The Labute approximate surface area is 108 Å². The van der Waals surface area contributed by atoms with Crippen LogP contribution in [-0.2, 0) is 16.1 Å². The summed E-state index contributed by atoms with van der Waals surface area (Å²) in [5.41, 5.74) is 5.39. The van der Waals surface area contributed by atoms with Crippen molar-refractivity contribution in [3.8, 4) is 0 Å². The number of benzene rings is 1. The topological polar surface area (TPSA) is 72.6 Å². The molecule has 3 N–H and O–H groups in total. The summed E-state index contributed by atoms with van der Waals surface area (Å²) in [5.74, 6) is -0.502. The zero-order valence-electron chi connectivity index (χ0n) is 10.9. The van der Waals surface area contributed by atoms with Crippen LogP contribution in [-0.4, -0.2) is 23.7 Å². The predicted octanol–water partition coefficient (Wildman–Crippen LogP) is 1.47. The molecule has 0 aliphatic carbocycles. The van der Waals surface area contributed by atoms with Crippen LogP contribution in [0.2, 0.25) is 0 Å². The lowest BCUT2D eigenvalue weighted by molar-refractivity contribution is -0.132. The van der Waals surface area contributed by atoms with Gasteiger partial charge in [-0.25, -0.2) is 0 Å². The van der Waals surface area contributed by atoms with Gasteiger partial charge >= 0.3 is 0 Å². The molecule has 100 valence electrons. The van der Waals surface area contributed by atoms with Gasteiger partial charge in [-0.1, -0.05) is 30.3 Å². The molecule has 4 heteroatoms. The summed E-state index contributed by atoms with van der Waals surface area (Å²) in [6.07, 6.45) is -0.395. The Bertz CT molecular complexity index is 376. The van der Waals surface area contributed by atoms with Crippen molar-refractivity contribution in [3.05, 3.63) is 35.9 Å². The number of nitrogens with two attached hydrogens (primary N) is 1. The zero-order chi connectivity index (χ0) is 13.6. The van der Waals surface area contributed by atoms with Gasteiger partial charge in [0.25, 0.3) is 0 Å². The van der Waals surface area contributed by atoms with Crippen LogP contribution in [0.3, 0.4) is 0 Å². The van der Waals surface area contributed by atoms with E-state index in [-0.39, 0.29) is 0 Å². The molecule has 1 atom stereocenters. The van der Waals surface area contributed by atoms with E-state index in [1.807, 2.05) is 30.3 Å². The van der Waals surface area contributed by atoms with E-state index < -0.39 is 17.4 Å². The molecule has 0 aliphatic heterocycles. The second-order valence-corrected chi connectivity index (χ2v) is 4.93. The first-order chi connectivity index (χ1) is 8.44. The number of hydrogen-bond donors (Lipinski definition) is 2. The summed E-state index contributed by atoms with van der Waals surface area (Å²) < 4.78 is 5.45. The predicted molar refractivity (Wildman–Crippen MR) is 69.7 cm³/mol. The standard InChI is InChI=1S/C14H21NO3/c1-14(2,13(15)17)12(16)8-9-18-10-11-6-4-3-5-7-11/h3-7,12,16H,8-10H2,1-2H3,(H2,15,17). The van der Waals surface area contributed by atoms with E-state index >= 15 is 0 Å². The smallest absolute Gasteiger partial charge is 0.225 e. The molecule has 0 aromatic heterocycles. The molecule has 0 radical (unpaired) electrons. The first-order valence-electron chi connectivity index (χ1n) is 6.04. The average Bonchev–Trinajstić information content (AvgIpc) is 2.35. The molecule has 4 nitrogen and oxygen atoms in total. The van der Waals surface area contributed by atoms with Gasteiger partial charge < -0.3 is 15.6 Å². The second-order valence-electron chi connectivity index (χ2n) is 4.93. The normalized spacial score (nSPS) is 13.3. The summed E-state index contributed by atoms with van der Waals surface area (Å²) in [4.78, 5) is 11.1. The number of aliphatic hydroxyl groups excluding tert-OH is 1. The quantitative estimate of drug-likeness (QED) is 0.721. The molecule has 0 fully saturated rings. The van der Waals surface area contributed by atoms with E-state index in [2.05, 4.69) is 0 Å². The third-order valence-corrected chi connectivity index (χ3v) is 3.12. The summed E-state index contributed by atoms with van der Waals surface area (Å²) in [6, 6.07) is 9.80. The number of rotatable bonds is 7. The van der Waals surface area contributed by atoms with Gasteiger partial charge in [0, 0.05) is 6.61 Å². The highest BCUT2D eigenvalue weighted by Gasteiger charge is 2.33. The molecule has 0 saturated carbocycles. The van der Waals surface area contributed by atoms with Crippen molar-refractivity contribution in [1.82, 2.24) is 0 Å². The largest absolute Gasteiger partial charge is 0.392 e. The lowest BCUT2D eigenvalue weighted by atomic mass is 9.84. The Morgan fingerprint density at radius 1 is 1.39 bits per heavy atom. The molecule has 1 aromatic rings. The minimum atomic E-state index is -0.921. The fourth-order valence-corrected chi connectivity index (χ4v) is 1.48. The Kier molecular flexibility index (Phi) is 5.31. The number of primary amides is 1.